The van der Waals surface area contributed by atoms with Crippen LogP contribution in [0.15, 0.2) is 18.2 Å². The lowest BCUT2D eigenvalue weighted by atomic mass is 10.1. The molecule has 0 aliphatic carbocycles. The zero-order valence-electron chi connectivity index (χ0n) is 14.1. The fourth-order valence-electron chi connectivity index (χ4n) is 3.36. The van der Waals surface area contributed by atoms with Crippen molar-refractivity contribution in [3.63, 3.8) is 0 Å². The van der Waals surface area contributed by atoms with Crippen molar-refractivity contribution < 1.29 is 9.53 Å². The van der Waals surface area contributed by atoms with Gasteiger partial charge in [0.05, 0.1) is 13.2 Å². The second kappa shape index (κ2) is 9.47. The molecule has 0 bridgehead atoms. The first-order valence-electron chi connectivity index (χ1n) is 8.09. The smallest absolute Gasteiger partial charge is 0.254 e. The highest BCUT2D eigenvalue weighted by atomic mass is 35.5. The van der Waals surface area contributed by atoms with E-state index in [0.29, 0.717) is 11.6 Å². The summed E-state index contributed by atoms with van der Waals surface area (Å²) in [5, 5.41) is 0. The van der Waals surface area contributed by atoms with Gasteiger partial charge in [0.2, 0.25) is 0 Å². The van der Waals surface area contributed by atoms with Gasteiger partial charge in [-0.1, -0.05) is 6.07 Å². The number of nitrogens with two attached hydrogens (primary N) is 1. The van der Waals surface area contributed by atoms with Gasteiger partial charge in [-0.05, 0) is 37.0 Å². The lowest BCUT2D eigenvalue weighted by molar-refractivity contribution is 0.0310. The summed E-state index contributed by atoms with van der Waals surface area (Å²) in [7, 11) is 0. The third-order valence-electron chi connectivity index (χ3n) is 4.69. The number of aryl methyl sites for hydroxylation is 1. The molecule has 7 heteroatoms. The molecule has 5 nitrogen and oxygen atoms in total. The van der Waals surface area contributed by atoms with E-state index in [1.54, 1.807) is 6.07 Å². The lowest BCUT2D eigenvalue weighted by Crippen LogP contribution is -2.40. The minimum Gasteiger partial charge on any atom is -0.399 e. The maximum atomic E-state index is 12.7. The van der Waals surface area contributed by atoms with Gasteiger partial charge < -0.3 is 15.4 Å². The minimum absolute atomic E-state index is 0. The van der Waals surface area contributed by atoms with Crippen molar-refractivity contribution in [3.05, 3.63) is 29.3 Å². The maximum absolute atomic E-state index is 12.7. The molecule has 1 aromatic carbocycles. The van der Waals surface area contributed by atoms with Crippen LogP contribution in [0.4, 0.5) is 5.69 Å². The number of hydrogen-bond donors (Lipinski definition) is 1. The minimum atomic E-state index is 0. The van der Waals surface area contributed by atoms with Crippen LogP contribution >= 0.6 is 24.8 Å². The molecule has 0 spiro atoms. The Labute approximate surface area is 156 Å². The summed E-state index contributed by atoms with van der Waals surface area (Å²) in [6.07, 6.45) is 1.09. The average Bonchev–Trinajstić information content (AvgIpc) is 2.98. The van der Waals surface area contributed by atoms with Gasteiger partial charge in [-0.3, -0.25) is 9.69 Å². The number of ether oxygens (including phenoxy) is 1. The highest BCUT2D eigenvalue weighted by Crippen LogP contribution is 2.22. The highest BCUT2D eigenvalue weighted by Gasteiger charge is 2.29. The summed E-state index contributed by atoms with van der Waals surface area (Å²) >= 11 is 0. The summed E-state index contributed by atoms with van der Waals surface area (Å²) in [5.74, 6) is 0.692. The third-order valence-corrected chi connectivity index (χ3v) is 4.69. The average molecular weight is 376 g/mol. The predicted molar refractivity (Wildman–Crippen MR) is 101 cm³/mol. The quantitative estimate of drug-likeness (QED) is 0.822. The molecule has 2 N–H and O–H groups in total. The molecule has 136 valence electrons. The fourth-order valence-corrected chi connectivity index (χ4v) is 3.36. The van der Waals surface area contributed by atoms with Crippen molar-refractivity contribution in [1.82, 2.24) is 9.80 Å². The number of halogens is 2. The first-order valence-corrected chi connectivity index (χ1v) is 8.09. The van der Waals surface area contributed by atoms with E-state index in [9.17, 15) is 4.79 Å². The Bertz CT molecular complexity index is 551. The van der Waals surface area contributed by atoms with E-state index in [-0.39, 0.29) is 30.7 Å². The van der Waals surface area contributed by atoms with Crippen LogP contribution in [0, 0.1) is 12.8 Å². The number of hydrogen-bond acceptors (Lipinski definition) is 4. The molecule has 2 fully saturated rings. The van der Waals surface area contributed by atoms with Crippen LogP contribution in [-0.2, 0) is 4.74 Å². The molecule has 1 atom stereocenters. The largest absolute Gasteiger partial charge is 0.399 e. The molecule has 1 unspecified atom stereocenters. The predicted octanol–water partition coefficient (Wildman–Crippen LogP) is 2.22. The molecule has 2 aliphatic heterocycles. The summed E-state index contributed by atoms with van der Waals surface area (Å²) in [5.41, 5.74) is 8.22. The molecule has 3 rings (SSSR count). The van der Waals surface area contributed by atoms with E-state index in [2.05, 4.69) is 4.90 Å². The molecule has 0 radical (unpaired) electrons. The zero-order valence-corrected chi connectivity index (χ0v) is 15.7. The number of nitrogen functional groups attached to an aromatic ring is 1. The van der Waals surface area contributed by atoms with Gasteiger partial charge >= 0.3 is 0 Å². The molecule has 0 aromatic heterocycles. The Kier molecular flexibility index (Phi) is 8.30. The Morgan fingerprint density at radius 1 is 1.25 bits per heavy atom. The summed E-state index contributed by atoms with van der Waals surface area (Å²) in [4.78, 5) is 17.1. The molecular weight excluding hydrogens is 349 g/mol. The van der Waals surface area contributed by atoms with Crippen molar-refractivity contribution in [2.24, 2.45) is 5.92 Å². The number of nitrogens with zero attached hydrogens (tertiary/aromatic N) is 2. The molecule has 2 saturated heterocycles. The number of rotatable bonds is 3. The Morgan fingerprint density at radius 2 is 1.96 bits per heavy atom. The van der Waals surface area contributed by atoms with Crippen LogP contribution in [-0.4, -0.2) is 61.6 Å². The number of carbonyl (C=O) groups excluding carboxylic acids is 1. The standard InChI is InChI=1S/C17H25N3O2.2ClH/c1-13-2-3-15(18)10-16(13)17(21)20-5-4-14(12-20)11-19-6-8-22-9-7-19;;/h2-3,10,14H,4-9,11-12,18H2,1H3;2*1H. The van der Waals surface area contributed by atoms with E-state index in [1.807, 2.05) is 24.0 Å². The highest BCUT2D eigenvalue weighted by molar-refractivity contribution is 5.96. The van der Waals surface area contributed by atoms with Crippen LogP contribution in [0.1, 0.15) is 22.3 Å². The van der Waals surface area contributed by atoms with Crippen molar-refractivity contribution in [3.8, 4) is 0 Å². The molecule has 1 amide bonds. The van der Waals surface area contributed by atoms with Gasteiger partial charge in [0, 0.05) is 44.0 Å². The number of likely N-dealkylation sites (tertiary alicyclic amines) is 1. The van der Waals surface area contributed by atoms with Gasteiger partial charge in [0.1, 0.15) is 0 Å². The molecule has 2 heterocycles. The second-order valence-corrected chi connectivity index (χ2v) is 6.39. The van der Waals surface area contributed by atoms with Crippen LogP contribution in [0.5, 0.6) is 0 Å². The van der Waals surface area contributed by atoms with E-state index in [4.69, 9.17) is 10.5 Å². The normalized spacial score (nSPS) is 21.0. The van der Waals surface area contributed by atoms with E-state index in [1.165, 1.54) is 0 Å². The SMILES string of the molecule is Cc1ccc(N)cc1C(=O)N1CCC(CN2CCOCC2)C1.Cl.Cl. The van der Waals surface area contributed by atoms with E-state index in [0.717, 1.165) is 63.5 Å². The van der Waals surface area contributed by atoms with E-state index >= 15 is 0 Å². The van der Waals surface area contributed by atoms with Crippen molar-refractivity contribution in [2.75, 3.05) is 51.7 Å². The fraction of sp³-hybridized carbons (Fsp3) is 0.588. The molecule has 24 heavy (non-hydrogen) atoms. The lowest BCUT2D eigenvalue weighted by Gasteiger charge is -2.29. The first kappa shape index (κ1) is 21.0. The molecule has 2 aliphatic rings. The van der Waals surface area contributed by atoms with Gasteiger partial charge in [0.25, 0.3) is 5.91 Å². The van der Waals surface area contributed by atoms with Crippen LogP contribution in [0.25, 0.3) is 0 Å². The van der Waals surface area contributed by atoms with Gasteiger partial charge in [-0.2, -0.15) is 0 Å². The van der Waals surface area contributed by atoms with Gasteiger partial charge in [0.15, 0.2) is 0 Å². The van der Waals surface area contributed by atoms with Crippen molar-refractivity contribution in [1.29, 1.82) is 0 Å². The summed E-state index contributed by atoms with van der Waals surface area (Å²) < 4.78 is 5.39. The summed E-state index contributed by atoms with van der Waals surface area (Å²) in [6, 6.07) is 5.56. The Morgan fingerprint density at radius 3 is 2.67 bits per heavy atom. The van der Waals surface area contributed by atoms with Gasteiger partial charge in [-0.15, -0.1) is 24.8 Å². The van der Waals surface area contributed by atoms with Crippen LogP contribution in [0.2, 0.25) is 0 Å². The Hall–Kier alpha value is -1.01. The topological polar surface area (TPSA) is 58.8 Å². The first-order chi connectivity index (χ1) is 10.6. The molecular formula is C17H27Cl2N3O2. The number of morpholine rings is 1. The number of benzene rings is 1. The van der Waals surface area contributed by atoms with E-state index < -0.39 is 0 Å². The summed E-state index contributed by atoms with van der Waals surface area (Å²) in [6.45, 7) is 8.43. The molecule has 1 aromatic rings. The Balaban J connectivity index is 0.00000144. The van der Waals surface area contributed by atoms with Crippen molar-refractivity contribution >= 4 is 36.4 Å². The van der Waals surface area contributed by atoms with Crippen LogP contribution in [0.3, 0.4) is 0 Å². The third kappa shape index (κ3) is 4.99. The van der Waals surface area contributed by atoms with Crippen LogP contribution < -0.4 is 5.73 Å². The van der Waals surface area contributed by atoms with Gasteiger partial charge in [-0.25, -0.2) is 0 Å². The molecule has 0 saturated carbocycles. The number of carbonyl (C=O) groups is 1. The number of amides is 1. The second-order valence-electron chi connectivity index (χ2n) is 6.39. The number of anilines is 1. The maximum Gasteiger partial charge on any atom is 0.254 e. The van der Waals surface area contributed by atoms with Crippen molar-refractivity contribution in [2.45, 2.75) is 13.3 Å². The monoisotopic (exact) mass is 375 g/mol. The zero-order chi connectivity index (χ0) is 15.5.